The molecule has 4 atom stereocenters. The van der Waals surface area contributed by atoms with Crippen LogP contribution in [0.1, 0.15) is 53.5 Å². The first-order valence-corrected chi connectivity index (χ1v) is 7.53. The van der Waals surface area contributed by atoms with Gasteiger partial charge in [-0.1, -0.05) is 6.42 Å². The van der Waals surface area contributed by atoms with Crippen molar-refractivity contribution in [3.8, 4) is 0 Å². The fourth-order valence-corrected chi connectivity index (χ4v) is 4.10. The average molecular weight is 291 g/mol. The van der Waals surface area contributed by atoms with Crippen LogP contribution in [0.2, 0.25) is 0 Å². The predicted octanol–water partition coefficient (Wildman–Crippen LogP) is 1.67. The van der Waals surface area contributed by atoms with E-state index in [9.17, 15) is 9.59 Å². The lowest BCUT2D eigenvalue weighted by atomic mass is 9.84. The quantitative estimate of drug-likeness (QED) is 0.884. The molecule has 0 saturated heterocycles. The molecule has 1 aromatic heterocycles. The Morgan fingerprint density at radius 3 is 2.76 bits per heavy atom. The minimum Gasteiger partial charge on any atom is -0.478 e. The largest absolute Gasteiger partial charge is 0.478 e. The van der Waals surface area contributed by atoms with E-state index < -0.39 is 5.97 Å². The summed E-state index contributed by atoms with van der Waals surface area (Å²) in [5.41, 5.74) is -0.0462. The summed E-state index contributed by atoms with van der Waals surface area (Å²) in [6, 6.07) is 0.0662. The number of carbonyl (C=O) groups excluding carboxylic acids is 1. The van der Waals surface area contributed by atoms with E-state index >= 15 is 0 Å². The molecule has 6 nitrogen and oxygen atoms in total. The summed E-state index contributed by atoms with van der Waals surface area (Å²) >= 11 is 0. The molecule has 2 bridgehead atoms. The fraction of sp³-hybridized carbons (Fsp3) is 0.667. The number of carboxylic acids is 1. The normalized spacial score (nSPS) is 28.6. The highest BCUT2D eigenvalue weighted by Gasteiger charge is 2.42. The molecule has 3 rings (SSSR count). The standard InChI is InChI=1S/C15H21N3O3/c1-8(11-6-9-3-4-10(11)5-9)16-14(19)13-12(15(20)21)7-18(2)17-13/h7-11H,3-6H2,1-2H3,(H,16,19)(H,20,21)/t8-,9+,10+,11-/m0/s1. The van der Waals surface area contributed by atoms with Gasteiger partial charge in [0.15, 0.2) is 5.69 Å². The number of carboxylic acid groups (broad SMARTS) is 1. The van der Waals surface area contributed by atoms with Gasteiger partial charge in [0, 0.05) is 19.3 Å². The Morgan fingerprint density at radius 1 is 1.43 bits per heavy atom. The number of hydrogen-bond donors (Lipinski definition) is 2. The lowest BCUT2D eigenvalue weighted by molar-refractivity contribution is 0.0689. The number of rotatable bonds is 4. The van der Waals surface area contributed by atoms with E-state index in [1.54, 1.807) is 7.05 Å². The third-order valence-corrected chi connectivity index (χ3v) is 5.07. The number of amides is 1. The molecule has 2 aliphatic carbocycles. The second-order valence-corrected chi connectivity index (χ2v) is 6.47. The van der Waals surface area contributed by atoms with Crippen LogP contribution in [0.4, 0.5) is 0 Å². The van der Waals surface area contributed by atoms with Gasteiger partial charge in [-0.25, -0.2) is 4.79 Å². The van der Waals surface area contributed by atoms with Crippen LogP contribution in [0.3, 0.4) is 0 Å². The number of aromatic nitrogens is 2. The van der Waals surface area contributed by atoms with E-state index in [-0.39, 0.29) is 23.2 Å². The number of carbonyl (C=O) groups is 2. The summed E-state index contributed by atoms with van der Waals surface area (Å²) in [6.45, 7) is 2.02. The van der Waals surface area contributed by atoms with Crippen LogP contribution < -0.4 is 5.32 Å². The van der Waals surface area contributed by atoms with Crippen LogP contribution in [-0.4, -0.2) is 32.8 Å². The Bertz CT molecular complexity index is 581. The van der Waals surface area contributed by atoms with Crippen molar-refractivity contribution in [2.24, 2.45) is 24.8 Å². The van der Waals surface area contributed by atoms with Gasteiger partial charge in [-0.2, -0.15) is 5.10 Å². The van der Waals surface area contributed by atoms with Crippen molar-refractivity contribution >= 4 is 11.9 Å². The number of fused-ring (bicyclic) bond motifs is 2. The molecule has 2 aliphatic rings. The number of nitrogens with one attached hydrogen (secondary N) is 1. The van der Waals surface area contributed by atoms with Gasteiger partial charge < -0.3 is 10.4 Å². The Hall–Kier alpha value is -1.85. The smallest absolute Gasteiger partial charge is 0.339 e. The fourth-order valence-electron chi connectivity index (χ4n) is 4.10. The molecule has 114 valence electrons. The van der Waals surface area contributed by atoms with Crippen LogP contribution in [0.15, 0.2) is 6.20 Å². The lowest BCUT2D eigenvalue weighted by Crippen LogP contribution is -2.40. The molecule has 0 aliphatic heterocycles. The van der Waals surface area contributed by atoms with Crippen molar-refractivity contribution in [3.05, 3.63) is 17.5 Å². The summed E-state index contributed by atoms with van der Waals surface area (Å²) < 4.78 is 1.36. The topological polar surface area (TPSA) is 84.2 Å². The Morgan fingerprint density at radius 2 is 2.19 bits per heavy atom. The van der Waals surface area contributed by atoms with Crippen molar-refractivity contribution in [2.75, 3.05) is 0 Å². The van der Waals surface area contributed by atoms with E-state index in [0.29, 0.717) is 11.8 Å². The number of aromatic carboxylic acids is 1. The molecule has 2 fully saturated rings. The van der Waals surface area contributed by atoms with Gasteiger partial charge in [0.1, 0.15) is 5.56 Å². The van der Waals surface area contributed by atoms with Crippen LogP contribution in [0.5, 0.6) is 0 Å². The Kier molecular flexibility index (Phi) is 3.47. The molecule has 1 aromatic rings. The summed E-state index contributed by atoms with van der Waals surface area (Å²) in [5, 5.41) is 16.1. The molecule has 0 radical (unpaired) electrons. The zero-order valence-corrected chi connectivity index (χ0v) is 12.4. The summed E-state index contributed by atoms with van der Waals surface area (Å²) in [5.74, 6) is 0.547. The number of nitrogens with zero attached hydrogens (tertiary/aromatic N) is 2. The summed E-state index contributed by atoms with van der Waals surface area (Å²) in [4.78, 5) is 23.5. The maximum atomic E-state index is 12.3. The highest BCUT2D eigenvalue weighted by molar-refractivity contribution is 6.03. The Balaban J connectivity index is 1.70. The Labute approximate surface area is 123 Å². The highest BCUT2D eigenvalue weighted by Crippen LogP contribution is 2.49. The molecule has 1 heterocycles. The first-order chi connectivity index (χ1) is 9.95. The minimum absolute atomic E-state index is 0.00000591. The van der Waals surface area contributed by atoms with Gasteiger partial charge >= 0.3 is 5.97 Å². The molecule has 0 spiro atoms. The van der Waals surface area contributed by atoms with Crippen LogP contribution >= 0.6 is 0 Å². The van der Waals surface area contributed by atoms with E-state index in [1.807, 2.05) is 6.92 Å². The van der Waals surface area contributed by atoms with Gasteiger partial charge in [0.05, 0.1) is 0 Å². The van der Waals surface area contributed by atoms with Crippen molar-refractivity contribution in [2.45, 2.75) is 38.6 Å². The van der Waals surface area contributed by atoms with Gasteiger partial charge in [-0.05, 0) is 43.9 Å². The van der Waals surface area contributed by atoms with Gasteiger partial charge in [0.2, 0.25) is 0 Å². The first-order valence-electron chi connectivity index (χ1n) is 7.53. The second-order valence-electron chi connectivity index (χ2n) is 6.47. The van der Waals surface area contributed by atoms with Gasteiger partial charge in [0.25, 0.3) is 5.91 Å². The SMILES string of the molecule is C[C@H](NC(=O)c1nn(C)cc1C(=O)O)[C@@H]1C[C@@H]2CC[C@@H]1C2. The minimum atomic E-state index is -1.12. The summed E-state index contributed by atoms with van der Waals surface area (Å²) in [7, 11) is 1.61. The molecular weight excluding hydrogens is 270 g/mol. The molecule has 2 N–H and O–H groups in total. The molecule has 2 saturated carbocycles. The number of aryl methyl sites for hydroxylation is 1. The summed E-state index contributed by atoms with van der Waals surface area (Å²) in [6.07, 6.45) is 6.42. The van der Waals surface area contributed by atoms with Crippen molar-refractivity contribution in [3.63, 3.8) is 0 Å². The molecule has 0 aromatic carbocycles. The van der Waals surface area contributed by atoms with Crippen LogP contribution in [-0.2, 0) is 7.05 Å². The van der Waals surface area contributed by atoms with E-state index in [2.05, 4.69) is 10.4 Å². The van der Waals surface area contributed by atoms with Crippen LogP contribution in [0, 0.1) is 17.8 Å². The highest BCUT2D eigenvalue weighted by atomic mass is 16.4. The zero-order valence-electron chi connectivity index (χ0n) is 12.4. The third-order valence-electron chi connectivity index (χ3n) is 5.07. The first kappa shape index (κ1) is 14.1. The maximum Gasteiger partial charge on any atom is 0.339 e. The molecular formula is C15H21N3O3. The van der Waals surface area contributed by atoms with Crippen molar-refractivity contribution < 1.29 is 14.7 Å². The zero-order chi connectivity index (χ0) is 15.1. The molecule has 0 unspecified atom stereocenters. The molecule has 21 heavy (non-hydrogen) atoms. The van der Waals surface area contributed by atoms with Gasteiger partial charge in [-0.15, -0.1) is 0 Å². The van der Waals surface area contributed by atoms with E-state index in [0.717, 1.165) is 5.92 Å². The average Bonchev–Trinajstić information content (AvgIpc) is 3.12. The monoisotopic (exact) mass is 291 g/mol. The third kappa shape index (κ3) is 2.54. The maximum absolute atomic E-state index is 12.3. The molecule has 1 amide bonds. The van der Waals surface area contributed by atoms with Crippen molar-refractivity contribution in [1.82, 2.24) is 15.1 Å². The second kappa shape index (κ2) is 5.16. The predicted molar refractivity (Wildman–Crippen MR) is 76.0 cm³/mol. The van der Waals surface area contributed by atoms with Crippen LogP contribution in [0.25, 0.3) is 0 Å². The van der Waals surface area contributed by atoms with Gasteiger partial charge in [-0.3, -0.25) is 9.48 Å². The van der Waals surface area contributed by atoms with E-state index in [4.69, 9.17) is 5.11 Å². The van der Waals surface area contributed by atoms with E-state index in [1.165, 1.54) is 36.6 Å². The number of hydrogen-bond acceptors (Lipinski definition) is 3. The molecule has 6 heteroatoms. The van der Waals surface area contributed by atoms with Crippen molar-refractivity contribution in [1.29, 1.82) is 0 Å². The lowest BCUT2D eigenvalue weighted by Gasteiger charge is -2.28.